The van der Waals surface area contributed by atoms with E-state index in [1.54, 1.807) is 31.2 Å². The van der Waals surface area contributed by atoms with Crippen LogP contribution in [0.25, 0.3) is 6.08 Å². The summed E-state index contributed by atoms with van der Waals surface area (Å²) in [6.45, 7) is 1.38. The Hall–Kier alpha value is -2.73. The Bertz CT molecular complexity index is 753. The number of benzene rings is 1. The van der Waals surface area contributed by atoms with Crippen molar-refractivity contribution in [3.8, 4) is 5.75 Å². The number of carbonyl (C=O) groups is 2. The van der Waals surface area contributed by atoms with Crippen molar-refractivity contribution in [3.63, 3.8) is 0 Å². The molecule has 1 amide bonds. The highest BCUT2D eigenvalue weighted by atomic mass is 35.5. The number of aryl methyl sites for hydroxylation is 1. The third kappa shape index (κ3) is 4.89. The molecule has 2 aromatic rings. The van der Waals surface area contributed by atoms with Crippen LogP contribution in [0.1, 0.15) is 11.3 Å². The molecule has 0 aliphatic rings. The molecule has 24 heavy (non-hydrogen) atoms. The average Bonchev–Trinajstić information content (AvgIpc) is 3.07. The van der Waals surface area contributed by atoms with Gasteiger partial charge in [0, 0.05) is 17.2 Å². The molecule has 0 spiro atoms. The molecule has 0 aliphatic carbocycles. The van der Waals surface area contributed by atoms with Crippen molar-refractivity contribution in [3.05, 3.63) is 53.0 Å². The number of anilines is 1. The summed E-state index contributed by atoms with van der Waals surface area (Å²) in [5, 5.41) is 3.14. The molecule has 0 bridgehead atoms. The molecule has 0 fully saturated rings. The highest BCUT2D eigenvalue weighted by Crippen LogP contribution is 2.30. The van der Waals surface area contributed by atoms with Gasteiger partial charge in [0.05, 0.1) is 19.1 Å². The maximum absolute atomic E-state index is 11.9. The van der Waals surface area contributed by atoms with Crippen molar-refractivity contribution < 1.29 is 23.5 Å². The number of rotatable bonds is 6. The molecule has 0 atom stereocenters. The van der Waals surface area contributed by atoms with Crippen LogP contribution in [0, 0.1) is 6.92 Å². The molecule has 0 unspecified atom stereocenters. The lowest BCUT2D eigenvalue weighted by atomic mass is 10.2. The Morgan fingerprint density at radius 1 is 1.38 bits per heavy atom. The predicted molar refractivity (Wildman–Crippen MR) is 90.1 cm³/mol. The van der Waals surface area contributed by atoms with E-state index in [1.165, 1.54) is 25.5 Å². The van der Waals surface area contributed by atoms with Crippen LogP contribution in [0.4, 0.5) is 5.69 Å². The van der Waals surface area contributed by atoms with Crippen LogP contribution in [0.2, 0.25) is 5.02 Å². The summed E-state index contributed by atoms with van der Waals surface area (Å²) >= 11 is 6.00. The number of esters is 1. The van der Waals surface area contributed by atoms with Gasteiger partial charge in [-0.3, -0.25) is 4.79 Å². The van der Waals surface area contributed by atoms with E-state index in [4.69, 9.17) is 25.5 Å². The van der Waals surface area contributed by atoms with Gasteiger partial charge in [-0.05, 0) is 36.8 Å². The fraction of sp³-hybridized carbons (Fsp3) is 0.176. The molecule has 0 saturated heterocycles. The second-order valence-corrected chi connectivity index (χ2v) is 5.21. The molecule has 6 nitrogen and oxygen atoms in total. The first-order valence-corrected chi connectivity index (χ1v) is 7.39. The lowest BCUT2D eigenvalue weighted by Crippen LogP contribution is -2.20. The standard InChI is InChI=1S/C17H16ClNO5/c1-11-8-14(15(22-2)9-13(11)18)19-16(20)10-24-17(21)6-5-12-4-3-7-23-12/h3-9H,10H2,1-2H3,(H,19,20). The Balaban J connectivity index is 1.89. The third-order valence-electron chi connectivity index (χ3n) is 3.03. The van der Waals surface area contributed by atoms with E-state index >= 15 is 0 Å². The van der Waals surface area contributed by atoms with Gasteiger partial charge in [-0.2, -0.15) is 0 Å². The van der Waals surface area contributed by atoms with Gasteiger partial charge in [-0.1, -0.05) is 11.6 Å². The van der Waals surface area contributed by atoms with Crippen LogP contribution >= 0.6 is 11.6 Å². The van der Waals surface area contributed by atoms with E-state index in [2.05, 4.69) is 5.32 Å². The van der Waals surface area contributed by atoms with Gasteiger partial charge in [-0.15, -0.1) is 0 Å². The molecule has 0 aliphatic heterocycles. The summed E-state index contributed by atoms with van der Waals surface area (Å²) in [5.74, 6) is -0.212. The van der Waals surface area contributed by atoms with Crippen molar-refractivity contribution >= 4 is 35.2 Å². The first-order chi connectivity index (χ1) is 11.5. The van der Waals surface area contributed by atoms with Gasteiger partial charge in [0.25, 0.3) is 5.91 Å². The van der Waals surface area contributed by atoms with Crippen molar-refractivity contribution in [2.24, 2.45) is 0 Å². The van der Waals surface area contributed by atoms with E-state index in [0.717, 1.165) is 5.56 Å². The van der Waals surface area contributed by atoms with E-state index in [-0.39, 0.29) is 0 Å². The summed E-state index contributed by atoms with van der Waals surface area (Å²) in [7, 11) is 1.47. The van der Waals surface area contributed by atoms with E-state index in [0.29, 0.717) is 22.2 Å². The molecular weight excluding hydrogens is 334 g/mol. The van der Waals surface area contributed by atoms with Gasteiger partial charge in [0.15, 0.2) is 6.61 Å². The fourth-order valence-electron chi connectivity index (χ4n) is 1.84. The molecular formula is C17H16ClNO5. The number of hydrogen-bond donors (Lipinski definition) is 1. The van der Waals surface area contributed by atoms with Crippen molar-refractivity contribution in [1.82, 2.24) is 0 Å². The molecule has 1 heterocycles. The molecule has 1 aromatic carbocycles. The summed E-state index contributed by atoms with van der Waals surface area (Å²) in [4.78, 5) is 23.4. The number of methoxy groups -OCH3 is 1. The van der Waals surface area contributed by atoms with Crippen LogP contribution < -0.4 is 10.1 Å². The number of furan rings is 1. The number of amides is 1. The van der Waals surface area contributed by atoms with E-state index in [9.17, 15) is 9.59 Å². The number of ether oxygens (including phenoxy) is 2. The minimum absolute atomic E-state index is 0.419. The normalized spacial score (nSPS) is 10.6. The molecule has 1 N–H and O–H groups in total. The quantitative estimate of drug-likeness (QED) is 0.638. The Kier molecular flexibility index (Phi) is 6.03. The molecule has 126 valence electrons. The first kappa shape index (κ1) is 17.6. The van der Waals surface area contributed by atoms with Crippen molar-refractivity contribution in [2.45, 2.75) is 6.92 Å². The first-order valence-electron chi connectivity index (χ1n) is 7.02. The highest BCUT2D eigenvalue weighted by Gasteiger charge is 2.11. The van der Waals surface area contributed by atoms with Crippen molar-refractivity contribution in [2.75, 3.05) is 19.0 Å². The Morgan fingerprint density at radius 3 is 2.83 bits per heavy atom. The zero-order valence-electron chi connectivity index (χ0n) is 13.2. The molecule has 2 rings (SSSR count). The Morgan fingerprint density at radius 2 is 2.17 bits per heavy atom. The fourth-order valence-corrected chi connectivity index (χ4v) is 1.99. The Labute approximate surface area is 144 Å². The number of carbonyl (C=O) groups excluding carboxylic acids is 2. The summed E-state index contributed by atoms with van der Waals surface area (Å²) in [6, 6.07) is 6.66. The zero-order valence-corrected chi connectivity index (χ0v) is 13.9. The van der Waals surface area contributed by atoms with Crippen LogP contribution in [-0.2, 0) is 14.3 Å². The van der Waals surface area contributed by atoms with Crippen LogP contribution in [-0.4, -0.2) is 25.6 Å². The summed E-state index contributed by atoms with van der Waals surface area (Å²) in [5.41, 5.74) is 1.23. The van der Waals surface area contributed by atoms with Crippen LogP contribution in [0.5, 0.6) is 5.75 Å². The maximum atomic E-state index is 11.9. The lowest BCUT2D eigenvalue weighted by molar-refractivity contribution is -0.142. The van der Waals surface area contributed by atoms with Gasteiger partial charge in [-0.25, -0.2) is 4.79 Å². The lowest BCUT2D eigenvalue weighted by Gasteiger charge is -2.12. The van der Waals surface area contributed by atoms with Gasteiger partial charge in [0.2, 0.25) is 0 Å². The van der Waals surface area contributed by atoms with E-state index < -0.39 is 18.5 Å². The average molecular weight is 350 g/mol. The zero-order chi connectivity index (χ0) is 17.5. The van der Waals surface area contributed by atoms with Gasteiger partial charge < -0.3 is 19.2 Å². The molecule has 0 radical (unpaired) electrons. The molecule has 7 heteroatoms. The summed E-state index contributed by atoms with van der Waals surface area (Å²) < 4.78 is 15.1. The second kappa shape index (κ2) is 8.21. The molecule has 1 aromatic heterocycles. The predicted octanol–water partition coefficient (Wildman–Crippen LogP) is 3.45. The molecule has 0 saturated carbocycles. The van der Waals surface area contributed by atoms with E-state index in [1.807, 2.05) is 0 Å². The number of halogens is 1. The monoisotopic (exact) mass is 349 g/mol. The van der Waals surface area contributed by atoms with Crippen LogP contribution in [0.15, 0.2) is 41.0 Å². The van der Waals surface area contributed by atoms with Crippen LogP contribution in [0.3, 0.4) is 0 Å². The topological polar surface area (TPSA) is 77.8 Å². The van der Waals surface area contributed by atoms with Gasteiger partial charge >= 0.3 is 5.97 Å². The van der Waals surface area contributed by atoms with Crippen molar-refractivity contribution in [1.29, 1.82) is 0 Å². The smallest absolute Gasteiger partial charge is 0.331 e. The summed E-state index contributed by atoms with van der Waals surface area (Å²) in [6.07, 6.45) is 4.12. The SMILES string of the molecule is COc1cc(Cl)c(C)cc1NC(=O)COC(=O)C=Cc1ccco1. The minimum Gasteiger partial charge on any atom is -0.495 e. The third-order valence-corrected chi connectivity index (χ3v) is 3.43. The number of nitrogens with one attached hydrogen (secondary N) is 1. The highest BCUT2D eigenvalue weighted by molar-refractivity contribution is 6.31. The van der Waals surface area contributed by atoms with Gasteiger partial charge in [0.1, 0.15) is 11.5 Å². The number of hydrogen-bond acceptors (Lipinski definition) is 5. The largest absolute Gasteiger partial charge is 0.495 e. The maximum Gasteiger partial charge on any atom is 0.331 e. The minimum atomic E-state index is -0.652. The second-order valence-electron chi connectivity index (χ2n) is 4.81.